The number of hydroxylamine groups is 1. The standard InChI is InChI=1S/C14H16IN3O2/c1-9-8-13(19)10(2)7-12(9)16-17-14-6-4-5-11(3)18(20)15-14/h4-8,19-20H,1-3H3. The topological polar surface area (TPSA) is 68.4 Å². The van der Waals surface area contributed by atoms with Gasteiger partial charge >= 0.3 is 0 Å². The van der Waals surface area contributed by atoms with Gasteiger partial charge in [-0.05, 0) is 56.2 Å². The van der Waals surface area contributed by atoms with Crippen LogP contribution in [0.5, 0.6) is 5.75 Å². The lowest BCUT2D eigenvalue weighted by Crippen LogP contribution is -2.02. The van der Waals surface area contributed by atoms with E-state index in [-0.39, 0.29) is 5.75 Å². The number of phenols is 1. The predicted octanol–water partition coefficient (Wildman–Crippen LogP) is 4.27. The number of hydrogen-bond donors (Lipinski definition) is 2. The fraction of sp³-hybridized carbons (Fsp3) is 0.214. The molecule has 0 amide bonds. The van der Waals surface area contributed by atoms with Gasteiger partial charge in [-0.1, -0.05) is 6.08 Å². The Hall–Kier alpha value is -1.54. The van der Waals surface area contributed by atoms with Crippen molar-refractivity contribution < 1.29 is 10.3 Å². The van der Waals surface area contributed by atoms with Gasteiger partial charge in [0, 0.05) is 5.70 Å². The maximum atomic E-state index is 9.78. The first kappa shape index (κ1) is 14.9. The van der Waals surface area contributed by atoms with Gasteiger partial charge in [0.15, 0.2) is 0 Å². The summed E-state index contributed by atoms with van der Waals surface area (Å²) in [7, 11) is 0. The Balaban J connectivity index is 2.26. The third-order valence-electron chi connectivity index (χ3n) is 2.80. The van der Waals surface area contributed by atoms with Gasteiger partial charge in [-0.25, -0.2) is 3.28 Å². The molecule has 0 saturated carbocycles. The molecule has 1 aliphatic rings. The fourth-order valence-corrected chi connectivity index (χ4v) is 3.13. The number of aryl methyl sites for hydroxylation is 2. The van der Waals surface area contributed by atoms with E-state index >= 15 is 0 Å². The maximum Gasteiger partial charge on any atom is 0.137 e. The molecule has 5 nitrogen and oxygen atoms in total. The second-order valence-electron chi connectivity index (χ2n) is 4.46. The second-order valence-corrected chi connectivity index (χ2v) is 6.96. The Kier molecular flexibility index (Phi) is 4.66. The summed E-state index contributed by atoms with van der Waals surface area (Å²) in [5, 5.41) is 27.8. The molecule has 0 bridgehead atoms. The first-order valence-corrected chi connectivity index (χ1v) is 8.09. The molecule has 2 rings (SSSR count). The van der Waals surface area contributed by atoms with E-state index in [1.165, 1.54) is 3.28 Å². The molecule has 0 aliphatic carbocycles. The van der Waals surface area contributed by atoms with E-state index in [1.807, 2.05) is 39.0 Å². The van der Waals surface area contributed by atoms with Gasteiger partial charge < -0.3 is 5.11 Å². The molecule has 0 spiro atoms. The van der Waals surface area contributed by atoms with Crippen LogP contribution in [0.25, 0.3) is 0 Å². The molecule has 0 aromatic heterocycles. The van der Waals surface area contributed by atoms with Crippen molar-refractivity contribution in [2.24, 2.45) is 10.2 Å². The molecule has 0 atom stereocenters. The van der Waals surface area contributed by atoms with Crippen molar-refractivity contribution in [3.63, 3.8) is 0 Å². The summed E-state index contributed by atoms with van der Waals surface area (Å²) in [6.45, 7) is 5.54. The average Bonchev–Trinajstić information content (AvgIpc) is 2.55. The number of rotatable bonds is 2. The minimum atomic E-state index is -0.764. The van der Waals surface area contributed by atoms with E-state index in [9.17, 15) is 10.3 Å². The molecular weight excluding hydrogens is 369 g/mol. The molecular formula is C14H16IN3O2. The van der Waals surface area contributed by atoms with Crippen LogP contribution >= 0.6 is 21.0 Å². The van der Waals surface area contributed by atoms with Crippen LogP contribution in [0.1, 0.15) is 18.1 Å². The number of hydrogen-bond acceptors (Lipinski definition) is 5. The maximum absolute atomic E-state index is 9.78. The SMILES string of the molecule is CC1=CC=CC(N=Nc2cc(C)c(O)cc2C)=IN1O. The van der Waals surface area contributed by atoms with Crippen LogP contribution in [0.4, 0.5) is 5.69 Å². The predicted molar refractivity (Wildman–Crippen MR) is 87.6 cm³/mol. The van der Waals surface area contributed by atoms with Gasteiger partial charge in [-0.3, -0.25) is 5.21 Å². The molecule has 0 unspecified atom stereocenters. The zero-order chi connectivity index (χ0) is 14.7. The van der Waals surface area contributed by atoms with E-state index in [0.717, 1.165) is 26.1 Å². The van der Waals surface area contributed by atoms with E-state index in [0.29, 0.717) is 0 Å². The molecule has 106 valence electrons. The van der Waals surface area contributed by atoms with E-state index in [4.69, 9.17) is 0 Å². The van der Waals surface area contributed by atoms with Gasteiger partial charge in [0.05, 0.1) is 26.7 Å². The van der Waals surface area contributed by atoms with E-state index < -0.39 is 21.0 Å². The smallest absolute Gasteiger partial charge is 0.137 e. The summed E-state index contributed by atoms with van der Waals surface area (Å²) in [5.74, 6) is 0.261. The summed E-state index contributed by atoms with van der Waals surface area (Å²) in [6, 6.07) is 3.48. The van der Waals surface area contributed by atoms with E-state index in [1.54, 1.807) is 12.1 Å². The summed E-state index contributed by atoms with van der Waals surface area (Å²) in [5.41, 5.74) is 3.16. The normalized spacial score (nSPS) is 15.7. The minimum absolute atomic E-state index is 0.261. The third-order valence-corrected chi connectivity index (χ3v) is 5.08. The summed E-state index contributed by atoms with van der Waals surface area (Å²) in [4.78, 5) is 0. The number of nitrogens with zero attached hydrogens (tertiary/aromatic N) is 3. The molecule has 0 radical (unpaired) electrons. The molecule has 1 aromatic carbocycles. The van der Waals surface area contributed by atoms with Crippen molar-refractivity contribution in [1.29, 1.82) is 0 Å². The van der Waals surface area contributed by atoms with Gasteiger partial charge in [0.2, 0.25) is 0 Å². The van der Waals surface area contributed by atoms with Crippen molar-refractivity contribution >= 4 is 30.3 Å². The molecule has 6 heteroatoms. The molecule has 1 heterocycles. The highest BCUT2D eigenvalue weighted by Gasteiger charge is 2.05. The number of allylic oxidation sites excluding steroid dienone is 3. The second kappa shape index (κ2) is 6.27. The number of phenolic OH excluding ortho intramolecular Hbond substituents is 1. The summed E-state index contributed by atoms with van der Waals surface area (Å²) in [6.07, 6.45) is 5.55. The van der Waals surface area contributed by atoms with Crippen LogP contribution in [-0.2, 0) is 0 Å². The molecule has 2 N–H and O–H groups in total. The summed E-state index contributed by atoms with van der Waals surface area (Å²) < 4.78 is 2.01. The Morgan fingerprint density at radius 1 is 1.10 bits per heavy atom. The van der Waals surface area contributed by atoms with Crippen LogP contribution in [0.2, 0.25) is 0 Å². The lowest BCUT2D eigenvalue weighted by Gasteiger charge is -2.08. The average molecular weight is 385 g/mol. The highest BCUT2D eigenvalue weighted by molar-refractivity contribution is 14.2. The highest BCUT2D eigenvalue weighted by atomic mass is 127. The van der Waals surface area contributed by atoms with Gasteiger partial charge in [0.25, 0.3) is 0 Å². The molecule has 0 fully saturated rings. The van der Waals surface area contributed by atoms with Crippen molar-refractivity contribution in [2.45, 2.75) is 20.8 Å². The first-order valence-electron chi connectivity index (χ1n) is 6.05. The zero-order valence-corrected chi connectivity index (χ0v) is 13.7. The first-order chi connectivity index (χ1) is 9.47. The minimum Gasteiger partial charge on any atom is -0.508 e. The third kappa shape index (κ3) is 3.51. The lowest BCUT2D eigenvalue weighted by atomic mass is 10.1. The highest BCUT2D eigenvalue weighted by Crippen LogP contribution is 2.28. The van der Waals surface area contributed by atoms with Crippen molar-refractivity contribution in [1.82, 2.24) is 3.28 Å². The number of benzene rings is 1. The van der Waals surface area contributed by atoms with Crippen LogP contribution in [0, 0.1) is 13.8 Å². The summed E-state index contributed by atoms with van der Waals surface area (Å²) >= 11 is -0.764. The number of halogens is 1. The Morgan fingerprint density at radius 2 is 1.85 bits per heavy atom. The van der Waals surface area contributed by atoms with Crippen LogP contribution in [0.15, 0.2) is 46.3 Å². The largest absolute Gasteiger partial charge is 0.508 e. The molecule has 0 saturated heterocycles. The molecule has 1 aromatic rings. The fourth-order valence-electron chi connectivity index (χ4n) is 1.55. The number of aromatic hydroxyl groups is 1. The Bertz CT molecular complexity index is 648. The quantitative estimate of drug-likeness (QED) is 0.454. The van der Waals surface area contributed by atoms with Crippen LogP contribution in [-0.4, -0.2) is 17.2 Å². The Morgan fingerprint density at radius 3 is 2.60 bits per heavy atom. The van der Waals surface area contributed by atoms with Crippen molar-refractivity contribution in [3.05, 3.63) is 47.2 Å². The van der Waals surface area contributed by atoms with Crippen molar-refractivity contribution in [3.8, 4) is 5.75 Å². The zero-order valence-electron chi connectivity index (χ0n) is 11.5. The van der Waals surface area contributed by atoms with Crippen LogP contribution in [0.3, 0.4) is 0 Å². The number of azo groups is 1. The molecule has 20 heavy (non-hydrogen) atoms. The van der Waals surface area contributed by atoms with Crippen LogP contribution < -0.4 is 0 Å². The van der Waals surface area contributed by atoms with Gasteiger partial charge in [-0.2, -0.15) is 0 Å². The van der Waals surface area contributed by atoms with E-state index in [2.05, 4.69) is 10.2 Å². The Labute approximate surface area is 128 Å². The van der Waals surface area contributed by atoms with Gasteiger partial charge in [0.1, 0.15) is 9.38 Å². The van der Waals surface area contributed by atoms with Gasteiger partial charge in [-0.15, -0.1) is 10.2 Å². The van der Waals surface area contributed by atoms with Crippen molar-refractivity contribution in [2.75, 3.05) is 0 Å². The monoisotopic (exact) mass is 385 g/mol. The molecule has 1 aliphatic heterocycles. The lowest BCUT2D eigenvalue weighted by molar-refractivity contribution is 0.0779.